The molecule has 0 radical (unpaired) electrons. The zero-order valence-electron chi connectivity index (χ0n) is 7.58. The molecule has 0 amide bonds. The molecule has 1 saturated carbocycles. The average molecular weight is 189 g/mol. The first-order chi connectivity index (χ1) is 6.26. The zero-order valence-corrected chi connectivity index (χ0v) is 8.40. The molecule has 1 aromatic rings. The van der Waals surface area contributed by atoms with E-state index in [9.17, 15) is 0 Å². The minimum Gasteiger partial charge on any atom is -0.197 e. The predicted octanol–water partition coefficient (Wildman–Crippen LogP) is 3.14. The van der Waals surface area contributed by atoms with Gasteiger partial charge in [0.1, 0.15) is 4.75 Å². The van der Waals surface area contributed by atoms with Crippen LogP contribution in [0.2, 0.25) is 0 Å². The molecule has 1 aliphatic carbocycles. The number of aryl methyl sites for hydroxylation is 1. The van der Waals surface area contributed by atoms with Crippen molar-refractivity contribution in [2.24, 2.45) is 0 Å². The number of nitrogens with zero attached hydrogens (tertiary/aromatic N) is 1. The standard InChI is InChI=1S/C11H11NS/c1-9-4-2-3-5-10(9)13-11(8-12)6-7-11/h2-5H,6-7H2,1H3. The zero-order chi connectivity index (χ0) is 9.31. The highest BCUT2D eigenvalue weighted by Crippen LogP contribution is 2.51. The van der Waals surface area contributed by atoms with Crippen LogP contribution in [0.5, 0.6) is 0 Å². The summed E-state index contributed by atoms with van der Waals surface area (Å²) in [5.74, 6) is 0. The van der Waals surface area contributed by atoms with Gasteiger partial charge in [0.05, 0.1) is 6.07 Å². The van der Waals surface area contributed by atoms with Gasteiger partial charge in [-0.25, -0.2) is 0 Å². The lowest BCUT2D eigenvalue weighted by Crippen LogP contribution is -1.97. The Kier molecular flexibility index (Phi) is 2.05. The molecule has 1 fully saturated rings. The summed E-state index contributed by atoms with van der Waals surface area (Å²) in [6, 6.07) is 10.6. The molecular weight excluding hydrogens is 178 g/mol. The van der Waals surface area contributed by atoms with Crippen molar-refractivity contribution in [1.29, 1.82) is 5.26 Å². The molecule has 1 nitrogen and oxygen atoms in total. The van der Waals surface area contributed by atoms with Gasteiger partial charge in [0, 0.05) is 4.90 Å². The maximum Gasteiger partial charge on any atom is 0.107 e. The van der Waals surface area contributed by atoms with Crippen LogP contribution in [-0.2, 0) is 0 Å². The van der Waals surface area contributed by atoms with E-state index in [0.717, 1.165) is 12.8 Å². The molecular formula is C11H11NS. The van der Waals surface area contributed by atoms with Crippen molar-refractivity contribution in [3.8, 4) is 6.07 Å². The van der Waals surface area contributed by atoms with E-state index in [0.29, 0.717) is 0 Å². The van der Waals surface area contributed by atoms with Crippen molar-refractivity contribution in [3.63, 3.8) is 0 Å². The third-order valence-electron chi connectivity index (χ3n) is 2.31. The van der Waals surface area contributed by atoms with Crippen LogP contribution in [0.3, 0.4) is 0 Å². The second kappa shape index (κ2) is 3.08. The van der Waals surface area contributed by atoms with Crippen molar-refractivity contribution < 1.29 is 0 Å². The van der Waals surface area contributed by atoms with Gasteiger partial charge in [0.15, 0.2) is 0 Å². The molecule has 0 unspecified atom stereocenters. The van der Waals surface area contributed by atoms with Crippen molar-refractivity contribution in [3.05, 3.63) is 29.8 Å². The number of thioether (sulfide) groups is 1. The van der Waals surface area contributed by atoms with Crippen molar-refractivity contribution in [1.82, 2.24) is 0 Å². The third-order valence-corrected chi connectivity index (χ3v) is 3.88. The summed E-state index contributed by atoms with van der Waals surface area (Å²) in [6.07, 6.45) is 2.09. The van der Waals surface area contributed by atoms with Crippen LogP contribution in [0.1, 0.15) is 18.4 Å². The summed E-state index contributed by atoms with van der Waals surface area (Å²) >= 11 is 1.72. The molecule has 0 saturated heterocycles. The lowest BCUT2D eigenvalue weighted by Gasteiger charge is -2.07. The van der Waals surface area contributed by atoms with E-state index in [1.807, 2.05) is 12.1 Å². The molecule has 0 heterocycles. The summed E-state index contributed by atoms with van der Waals surface area (Å²) in [5, 5.41) is 8.94. The largest absolute Gasteiger partial charge is 0.197 e. The van der Waals surface area contributed by atoms with E-state index in [1.165, 1.54) is 10.5 Å². The highest BCUT2D eigenvalue weighted by Gasteiger charge is 2.44. The first kappa shape index (κ1) is 8.65. The van der Waals surface area contributed by atoms with Gasteiger partial charge in [0.2, 0.25) is 0 Å². The van der Waals surface area contributed by atoms with Crippen LogP contribution in [0.15, 0.2) is 29.2 Å². The Hall–Kier alpha value is -0.940. The number of nitriles is 1. The van der Waals surface area contributed by atoms with Crippen LogP contribution in [0.4, 0.5) is 0 Å². The summed E-state index contributed by atoms with van der Waals surface area (Å²) in [5.41, 5.74) is 1.27. The third kappa shape index (κ3) is 1.71. The highest BCUT2D eigenvalue weighted by molar-refractivity contribution is 8.01. The minimum absolute atomic E-state index is 0.0912. The molecule has 0 aromatic heterocycles. The Labute approximate surface area is 82.8 Å². The van der Waals surface area contributed by atoms with Crippen LogP contribution < -0.4 is 0 Å². The van der Waals surface area contributed by atoms with E-state index >= 15 is 0 Å². The lowest BCUT2D eigenvalue weighted by molar-refractivity contribution is 1.18. The second-order valence-corrected chi connectivity index (χ2v) is 4.90. The predicted molar refractivity (Wildman–Crippen MR) is 54.6 cm³/mol. The Bertz CT molecular complexity index is 361. The van der Waals surface area contributed by atoms with E-state index in [2.05, 4.69) is 25.1 Å². The summed E-state index contributed by atoms with van der Waals surface area (Å²) in [4.78, 5) is 1.25. The highest BCUT2D eigenvalue weighted by atomic mass is 32.2. The van der Waals surface area contributed by atoms with Crippen molar-refractivity contribution >= 4 is 11.8 Å². The number of rotatable bonds is 2. The Morgan fingerprint density at radius 1 is 1.38 bits per heavy atom. The van der Waals surface area contributed by atoms with Gasteiger partial charge in [-0.15, -0.1) is 11.8 Å². The fraction of sp³-hybridized carbons (Fsp3) is 0.364. The fourth-order valence-electron chi connectivity index (χ4n) is 1.23. The molecule has 13 heavy (non-hydrogen) atoms. The summed E-state index contributed by atoms with van der Waals surface area (Å²) in [6.45, 7) is 2.09. The maximum absolute atomic E-state index is 8.94. The first-order valence-electron chi connectivity index (χ1n) is 4.42. The quantitative estimate of drug-likeness (QED) is 0.713. The maximum atomic E-state index is 8.94. The van der Waals surface area contributed by atoms with Gasteiger partial charge in [-0.3, -0.25) is 0 Å². The Morgan fingerprint density at radius 2 is 2.08 bits per heavy atom. The van der Waals surface area contributed by atoms with Gasteiger partial charge in [-0.05, 0) is 31.4 Å². The molecule has 66 valence electrons. The van der Waals surface area contributed by atoms with Crippen molar-refractivity contribution in [2.45, 2.75) is 29.4 Å². The van der Waals surface area contributed by atoms with Gasteiger partial charge in [-0.2, -0.15) is 5.26 Å². The van der Waals surface area contributed by atoms with E-state index in [-0.39, 0.29) is 4.75 Å². The first-order valence-corrected chi connectivity index (χ1v) is 5.23. The summed E-state index contributed by atoms with van der Waals surface area (Å²) < 4.78 is -0.0912. The van der Waals surface area contributed by atoms with Gasteiger partial charge in [-0.1, -0.05) is 18.2 Å². The summed E-state index contributed by atoms with van der Waals surface area (Å²) in [7, 11) is 0. The Morgan fingerprint density at radius 3 is 2.62 bits per heavy atom. The van der Waals surface area contributed by atoms with Crippen molar-refractivity contribution in [2.75, 3.05) is 0 Å². The normalized spacial score (nSPS) is 17.8. The lowest BCUT2D eigenvalue weighted by atomic mass is 10.2. The molecule has 2 rings (SSSR count). The Balaban J connectivity index is 2.20. The number of hydrogen-bond donors (Lipinski definition) is 0. The molecule has 0 aliphatic heterocycles. The van der Waals surface area contributed by atoms with E-state index in [4.69, 9.17) is 5.26 Å². The molecule has 0 atom stereocenters. The monoisotopic (exact) mass is 189 g/mol. The smallest absolute Gasteiger partial charge is 0.107 e. The van der Waals surface area contributed by atoms with Crippen LogP contribution in [0, 0.1) is 18.3 Å². The van der Waals surface area contributed by atoms with Gasteiger partial charge in [0.25, 0.3) is 0 Å². The van der Waals surface area contributed by atoms with Crippen LogP contribution in [0.25, 0.3) is 0 Å². The van der Waals surface area contributed by atoms with Crippen LogP contribution in [-0.4, -0.2) is 4.75 Å². The second-order valence-electron chi connectivity index (χ2n) is 3.47. The molecule has 0 spiro atoms. The van der Waals surface area contributed by atoms with Gasteiger partial charge >= 0.3 is 0 Å². The number of benzene rings is 1. The molecule has 2 heteroatoms. The minimum atomic E-state index is -0.0912. The van der Waals surface area contributed by atoms with E-state index in [1.54, 1.807) is 11.8 Å². The average Bonchev–Trinajstić information content (AvgIpc) is 2.90. The molecule has 0 N–H and O–H groups in total. The number of hydrogen-bond acceptors (Lipinski definition) is 2. The fourth-order valence-corrected chi connectivity index (χ4v) is 2.38. The molecule has 0 bridgehead atoms. The molecule has 1 aliphatic rings. The topological polar surface area (TPSA) is 23.8 Å². The SMILES string of the molecule is Cc1ccccc1SC1(C#N)CC1. The van der Waals surface area contributed by atoms with Crippen LogP contribution >= 0.6 is 11.8 Å². The van der Waals surface area contributed by atoms with Gasteiger partial charge < -0.3 is 0 Å². The van der Waals surface area contributed by atoms with E-state index < -0.39 is 0 Å². The molecule has 1 aromatic carbocycles.